The largest absolute Gasteiger partial charge is 0.293 e. The van der Waals surface area contributed by atoms with Crippen LogP contribution in [0.25, 0.3) is 5.65 Å². The van der Waals surface area contributed by atoms with Crippen molar-refractivity contribution in [2.45, 2.75) is 29.4 Å². The van der Waals surface area contributed by atoms with E-state index in [1.54, 1.807) is 0 Å². The molecular formula is C16H13F2N3OS. The lowest BCUT2D eigenvalue weighted by molar-refractivity contribution is 0.491. The molecule has 0 unspecified atom stereocenters. The Kier molecular flexibility index (Phi) is 3.45. The van der Waals surface area contributed by atoms with Crippen LogP contribution in [0.3, 0.4) is 0 Å². The van der Waals surface area contributed by atoms with Gasteiger partial charge in [-0.15, -0.1) is 11.8 Å². The molecule has 1 saturated carbocycles. The van der Waals surface area contributed by atoms with Gasteiger partial charge in [0.05, 0.1) is 5.69 Å². The number of nitrogens with zero attached hydrogens (tertiary/aromatic N) is 2. The van der Waals surface area contributed by atoms with Crippen molar-refractivity contribution < 1.29 is 8.78 Å². The molecule has 4 rings (SSSR count). The second kappa shape index (κ2) is 5.49. The maximum absolute atomic E-state index is 13.6. The first-order valence-electron chi connectivity index (χ1n) is 7.30. The van der Waals surface area contributed by atoms with E-state index in [0.717, 1.165) is 36.4 Å². The zero-order valence-corrected chi connectivity index (χ0v) is 12.9. The predicted octanol–water partition coefficient (Wildman–Crippen LogP) is 3.47. The van der Waals surface area contributed by atoms with Crippen molar-refractivity contribution in [3.8, 4) is 0 Å². The first-order chi connectivity index (χ1) is 11.1. The summed E-state index contributed by atoms with van der Waals surface area (Å²) in [6.07, 6.45) is 2.26. The minimum atomic E-state index is -0.877. The van der Waals surface area contributed by atoms with Gasteiger partial charge in [0.25, 0.3) is 5.56 Å². The van der Waals surface area contributed by atoms with Crippen LogP contribution in [-0.4, -0.2) is 14.6 Å². The van der Waals surface area contributed by atoms with E-state index in [4.69, 9.17) is 0 Å². The van der Waals surface area contributed by atoms with Crippen LogP contribution >= 0.6 is 11.8 Å². The summed E-state index contributed by atoms with van der Waals surface area (Å²) < 4.78 is 28.3. The summed E-state index contributed by atoms with van der Waals surface area (Å²) >= 11 is 1.12. The molecule has 1 aromatic carbocycles. The summed E-state index contributed by atoms with van der Waals surface area (Å²) in [5.41, 5.74) is 1.94. The Labute approximate surface area is 134 Å². The van der Waals surface area contributed by atoms with Gasteiger partial charge in [-0.25, -0.2) is 18.3 Å². The molecule has 1 aliphatic carbocycles. The molecule has 2 aromatic heterocycles. The fourth-order valence-electron chi connectivity index (χ4n) is 2.48. The molecular weight excluding hydrogens is 320 g/mol. The van der Waals surface area contributed by atoms with Gasteiger partial charge in [0.15, 0.2) is 17.3 Å². The van der Waals surface area contributed by atoms with Crippen LogP contribution in [0.1, 0.15) is 30.1 Å². The third-order valence-electron chi connectivity index (χ3n) is 3.83. The van der Waals surface area contributed by atoms with E-state index in [2.05, 4.69) is 10.1 Å². The first-order valence-corrected chi connectivity index (χ1v) is 8.29. The van der Waals surface area contributed by atoms with Crippen molar-refractivity contribution in [3.05, 3.63) is 63.7 Å². The van der Waals surface area contributed by atoms with Crippen molar-refractivity contribution in [1.82, 2.24) is 14.6 Å². The van der Waals surface area contributed by atoms with E-state index in [1.807, 2.05) is 6.07 Å². The number of fused-ring (bicyclic) bond motifs is 1. The number of benzene rings is 1. The molecule has 0 saturated heterocycles. The van der Waals surface area contributed by atoms with E-state index in [9.17, 15) is 13.6 Å². The Bertz CT molecular complexity index is 946. The summed E-state index contributed by atoms with van der Waals surface area (Å²) in [7, 11) is 0. The monoisotopic (exact) mass is 333 g/mol. The fourth-order valence-corrected chi connectivity index (χ4v) is 3.33. The van der Waals surface area contributed by atoms with E-state index in [0.29, 0.717) is 23.0 Å². The van der Waals surface area contributed by atoms with Crippen molar-refractivity contribution in [2.75, 3.05) is 0 Å². The fraction of sp³-hybridized carbons (Fsp3) is 0.250. The summed E-state index contributed by atoms with van der Waals surface area (Å²) in [6, 6.07) is 7.35. The van der Waals surface area contributed by atoms with Crippen molar-refractivity contribution in [1.29, 1.82) is 0 Å². The summed E-state index contributed by atoms with van der Waals surface area (Å²) in [5.74, 6) is -0.947. The molecule has 7 heteroatoms. The SMILES string of the molecule is O=c1cc(CSc2cccc(F)c2F)nc2cc(C3CC3)[nH]n12. The lowest BCUT2D eigenvalue weighted by Gasteiger charge is -2.03. The zero-order chi connectivity index (χ0) is 16.0. The van der Waals surface area contributed by atoms with Gasteiger partial charge in [-0.1, -0.05) is 6.07 Å². The van der Waals surface area contributed by atoms with Gasteiger partial charge in [-0.3, -0.25) is 9.89 Å². The van der Waals surface area contributed by atoms with Gasteiger partial charge >= 0.3 is 0 Å². The molecule has 4 nitrogen and oxygen atoms in total. The van der Waals surface area contributed by atoms with Crippen molar-refractivity contribution in [2.24, 2.45) is 0 Å². The molecule has 2 heterocycles. The molecule has 0 bridgehead atoms. The Balaban J connectivity index is 1.61. The van der Waals surface area contributed by atoms with Crippen LogP contribution < -0.4 is 5.56 Å². The molecule has 0 spiro atoms. The number of aromatic amines is 1. The number of nitrogens with one attached hydrogen (secondary N) is 1. The second-order valence-corrected chi connectivity index (χ2v) is 6.62. The predicted molar refractivity (Wildman–Crippen MR) is 83.7 cm³/mol. The van der Waals surface area contributed by atoms with Crippen LogP contribution in [0.2, 0.25) is 0 Å². The zero-order valence-electron chi connectivity index (χ0n) is 12.1. The van der Waals surface area contributed by atoms with Crippen molar-refractivity contribution >= 4 is 17.4 Å². The summed E-state index contributed by atoms with van der Waals surface area (Å²) in [4.78, 5) is 16.8. The number of halogens is 2. The first kappa shape index (κ1) is 14.4. The number of rotatable bonds is 4. The molecule has 1 N–H and O–H groups in total. The van der Waals surface area contributed by atoms with Gasteiger partial charge in [-0.2, -0.15) is 0 Å². The van der Waals surface area contributed by atoms with E-state index in [-0.39, 0.29) is 10.5 Å². The van der Waals surface area contributed by atoms with Crippen LogP contribution in [0.4, 0.5) is 8.78 Å². The Hall–Kier alpha value is -2.15. The quantitative estimate of drug-likeness (QED) is 0.744. The lowest BCUT2D eigenvalue weighted by atomic mass is 10.3. The average Bonchev–Trinajstić information content (AvgIpc) is 3.29. The van der Waals surface area contributed by atoms with E-state index < -0.39 is 11.6 Å². The number of hydrogen-bond acceptors (Lipinski definition) is 3. The lowest BCUT2D eigenvalue weighted by Crippen LogP contribution is -2.15. The molecule has 1 aliphatic rings. The Morgan fingerprint density at radius 2 is 2.13 bits per heavy atom. The normalized spacial score (nSPS) is 14.5. The highest BCUT2D eigenvalue weighted by Gasteiger charge is 2.25. The molecule has 0 radical (unpaired) electrons. The summed E-state index contributed by atoms with van der Waals surface area (Å²) in [5, 5.41) is 3.07. The van der Waals surface area contributed by atoms with Gasteiger partial charge in [0.1, 0.15) is 0 Å². The van der Waals surface area contributed by atoms with E-state index in [1.165, 1.54) is 22.7 Å². The minimum Gasteiger partial charge on any atom is -0.293 e. The van der Waals surface area contributed by atoms with Crippen LogP contribution in [0.15, 0.2) is 40.0 Å². The molecule has 0 amide bonds. The standard InChI is InChI=1S/C16H13F2N3OS/c17-11-2-1-3-13(16(11)18)23-8-10-6-15(22)21-14(19-10)7-12(20-21)9-4-5-9/h1-3,6-7,9,20H,4-5,8H2. The van der Waals surface area contributed by atoms with Crippen LogP contribution in [0.5, 0.6) is 0 Å². The van der Waals surface area contributed by atoms with Gasteiger partial charge < -0.3 is 0 Å². The van der Waals surface area contributed by atoms with Crippen molar-refractivity contribution in [3.63, 3.8) is 0 Å². The minimum absolute atomic E-state index is 0.197. The number of aromatic nitrogens is 3. The molecule has 1 fully saturated rings. The number of hydrogen-bond donors (Lipinski definition) is 1. The highest BCUT2D eigenvalue weighted by Crippen LogP contribution is 2.39. The van der Waals surface area contributed by atoms with Gasteiger partial charge in [0, 0.05) is 34.4 Å². The third-order valence-corrected chi connectivity index (χ3v) is 4.90. The Morgan fingerprint density at radius 1 is 1.30 bits per heavy atom. The average molecular weight is 333 g/mol. The number of thioether (sulfide) groups is 1. The smallest absolute Gasteiger partial charge is 0.272 e. The molecule has 0 aliphatic heterocycles. The maximum Gasteiger partial charge on any atom is 0.272 e. The highest BCUT2D eigenvalue weighted by molar-refractivity contribution is 7.98. The third kappa shape index (κ3) is 2.76. The van der Waals surface area contributed by atoms with Crippen LogP contribution in [0, 0.1) is 11.6 Å². The van der Waals surface area contributed by atoms with E-state index >= 15 is 0 Å². The molecule has 3 aromatic rings. The summed E-state index contributed by atoms with van der Waals surface area (Å²) in [6.45, 7) is 0. The van der Waals surface area contributed by atoms with Gasteiger partial charge in [-0.05, 0) is 25.0 Å². The van der Waals surface area contributed by atoms with Gasteiger partial charge in [0.2, 0.25) is 0 Å². The topological polar surface area (TPSA) is 50.2 Å². The molecule has 0 atom stereocenters. The maximum atomic E-state index is 13.6. The highest BCUT2D eigenvalue weighted by atomic mass is 32.2. The number of H-pyrrole nitrogens is 1. The van der Waals surface area contributed by atoms with Crippen LogP contribution in [-0.2, 0) is 5.75 Å². The molecule has 23 heavy (non-hydrogen) atoms. The Morgan fingerprint density at radius 3 is 2.91 bits per heavy atom. The second-order valence-electron chi connectivity index (χ2n) is 5.61. The molecule has 118 valence electrons.